The third-order valence-corrected chi connectivity index (χ3v) is 6.02. The van der Waals surface area contributed by atoms with Gasteiger partial charge in [0, 0.05) is 5.56 Å². The zero-order valence-electron chi connectivity index (χ0n) is 16.1. The van der Waals surface area contributed by atoms with Crippen LogP contribution in [0.2, 0.25) is 0 Å². The highest BCUT2D eigenvalue weighted by Crippen LogP contribution is 2.47. The van der Waals surface area contributed by atoms with Gasteiger partial charge in [0.2, 0.25) is 0 Å². The van der Waals surface area contributed by atoms with Crippen LogP contribution in [0.1, 0.15) is 62.4 Å². The van der Waals surface area contributed by atoms with Crippen LogP contribution in [0.15, 0.2) is 24.3 Å². The summed E-state index contributed by atoms with van der Waals surface area (Å²) in [7, 11) is 0. The highest BCUT2D eigenvalue weighted by Gasteiger charge is 2.54. The minimum Gasteiger partial charge on any atom is -0.480 e. The van der Waals surface area contributed by atoms with Crippen molar-refractivity contribution < 1.29 is 19.4 Å². The van der Waals surface area contributed by atoms with E-state index in [4.69, 9.17) is 4.74 Å². The van der Waals surface area contributed by atoms with E-state index >= 15 is 0 Å². The molecule has 3 rings (SSSR count). The van der Waals surface area contributed by atoms with Gasteiger partial charge in [0.15, 0.2) is 6.04 Å². The maximum atomic E-state index is 13.2. The molecule has 1 aromatic carbocycles. The predicted molar refractivity (Wildman–Crippen MR) is 98.9 cm³/mol. The first-order valence-corrected chi connectivity index (χ1v) is 9.41. The predicted octanol–water partition coefficient (Wildman–Crippen LogP) is 3.85. The van der Waals surface area contributed by atoms with Crippen molar-refractivity contribution in [3.8, 4) is 0 Å². The van der Waals surface area contributed by atoms with Crippen LogP contribution in [0.4, 0.5) is 0 Å². The molecule has 2 fully saturated rings. The van der Waals surface area contributed by atoms with Gasteiger partial charge in [-0.3, -0.25) is 9.69 Å². The summed E-state index contributed by atoms with van der Waals surface area (Å²) < 4.78 is 6.03. The van der Waals surface area contributed by atoms with Crippen LogP contribution in [0, 0.1) is 18.3 Å². The van der Waals surface area contributed by atoms with E-state index in [0.717, 1.165) is 18.4 Å². The molecule has 0 bridgehead atoms. The lowest BCUT2D eigenvalue weighted by Gasteiger charge is -2.46. The van der Waals surface area contributed by atoms with Gasteiger partial charge < -0.3 is 9.84 Å². The second-order valence-corrected chi connectivity index (χ2v) is 8.80. The number of carbonyl (C=O) groups is 2. The second kappa shape index (κ2) is 6.69. The van der Waals surface area contributed by atoms with E-state index in [-0.39, 0.29) is 17.9 Å². The molecule has 1 aliphatic heterocycles. The van der Waals surface area contributed by atoms with Crippen molar-refractivity contribution in [2.24, 2.45) is 11.3 Å². The maximum Gasteiger partial charge on any atom is 0.328 e. The average Bonchev–Trinajstić information content (AvgIpc) is 2.92. The van der Waals surface area contributed by atoms with E-state index in [9.17, 15) is 14.7 Å². The molecule has 1 N–H and O–H groups in total. The van der Waals surface area contributed by atoms with Crippen LogP contribution in [-0.4, -0.2) is 40.3 Å². The van der Waals surface area contributed by atoms with Crippen LogP contribution < -0.4 is 0 Å². The number of aryl methyl sites for hydroxylation is 1. The number of hydrogen-bond donors (Lipinski definition) is 1. The second-order valence-electron chi connectivity index (χ2n) is 8.80. The summed E-state index contributed by atoms with van der Waals surface area (Å²) in [5.74, 6) is -0.690. The van der Waals surface area contributed by atoms with Crippen molar-refractivity contribution in [2.75, 3.05) is 6.61 Å². The Labute approximate surface area is 155 Å². The Bertz CT molecular complexity index is 698. The van der Waals surface area contributed by atoms with Crippen LogP contribution in [0.3, 0.4) is 0 Å². The zero-order chi connectivity index (χ0) is 19.1. The quantitative estimate of drug-likeness (QED) is 0.871. The first kappa shape index (κ1) is 18.9. The largest absolute Gasteiger partial charge is 0.480 e. The summed E-state index contributed by atoms with van der Waals surface area (Å²) in [5, 5.41) is 9.66. The lowest BCUT2D eigenvalue weighted by molar-refractivity contribution is -0.144. The highest BCUT2D eigenvalue weighted by molar-refractivity contribution is 5.97. The number of carbonyl (C=O) groups excluding carboxylic acids is 1. The normalized spacial score (nSPS) is 29.2. The molecule has 1 heterocycles. The van der Waals surface area contributed by atoms with Gasteiger partial charge in [0.1, 0.15) is 5.72 Å². The van der Waals surface area contributed by atoms with Crippen LogP contribution in [-0.2, 0) is 9.53 Å². The Kier molecular flexibility index (Phi) is 4.86. The van der Waals surface area contributed by atoms with Crippen molar-refractivity contribution in [2.45, 2.75) is 65.1 Å². The number of nitrogens with zero attached hydrogens (tertiary/aromatic N) is 1. The van der Waals surface area contributed by atoms with Crippen LogP contribution in [0.5, 0.6) is 0 Å². The molecule has 5 heteroatoms. The van der Waals surface area contributed by atoms with E-state index in [1.165, 1.54) is 4.90 Å². The van der Waals surface area contributed by atoms with Crippen molar-refractivity contribution in [1.29, 1.82) is 0 Å². The molecule has 1 aliphatic carbocycles. The monoisotopic (exact) mass is 359 g/mol. The van der Waals surface area contributed by atoms with E-state index in [1.54, 1.807) is 6.07 Å². The average molecular weight is 359 g/mol. The number of benzene rings is 1. The van der Waals surface area contributed by atoms with E-state index in [0.29, 0.717) is 24.3 Å². The third-order valence-electron chi connectivity index (χ3n) is 6.02. The van der Waals surface area contributed by atoms with Gasteiger partial charge in [-0.1, -0.05) is 38.5 Å². The molecule has 1 spiro atoms. The lowest BCUT2D eigenvalue weighted by atomic mass is 9.70. The highest BCUT2D eigenvalue weighted by atomic mass is 16.5. The Balaban J connectivity index is 1.90. The molecule has 1 aromatic rings. The summed E-state index contributed by atoms with van der Waals surface area (Å²) in [4.78, 5) is 26.6. The van der Waals surface area contributed by atoms with E-state index < -0.39 is 17.7 Å². The summed E-state index contributed by atoms with van der Waals surface area (Å²) in [6, 6.07) is 6.40. The standard InChI is InChI=1S/C21H29NO4/c1-14-6-5-7-15(12-14)18(23)22-17(19(24)25)13-26-21(22)10-8-16(9-11-21)20(2,3)4/h5-7,12,16-17H,8-11,13H2,1-4H3,(H,24,25)/t16?,17-,21?/m1/s1. The fraction of sp³-hybridized carbons (Fsp3) is 0.619. The Hall–Kier alpha value is -1.88. The van der Waals surface area contributed by atoms with E-state index in [2.05, 4.69) is 20.8 Å². The molecule has 142 valence electrons. The SMILES string of the molecule is Cc1cccc(C(=O)N2[C@@H](C(=O)O)COC23CCC(C(C)(C)C)CC3)c1. The Morgan fingerprint density at radius 3 is 2.42 bits per heavy atom. The third kappa shape index (κ3) is 3.37. The summed E-state index contributed by atoms with van der Waals surface area (Å²) in [5.41, 5.74) is 0.927. The van der Waals surface area contributed by atoms with Gasteiger partial charge in [-0.25, -0.2) is 4.79 Å². The summed E-state index contributed by atoms with van der Waals surface area (Å²) in [6.45, 7) is 8.70. The number of amides is 1. The molecule has 0 aromatic heterocycles. The minimum absolute atomic E-state index is 0.0626. The van der Waals surface area contributed by atoms with E-state index in [1.807, 2.05) is 25.1 Å². The van der Waals surface area contributed by atoms with Gasteiger partial charge in [0.25, 0.3) is 5.91 Å². The molecule has 0 radical (unpaired) electrons. The Morgan fingerprint density at radius 2 is 1.88 bits per heavy atom. The molecule has 2 aliphatic rings. The first-order chi connectivity index (χ1) is 12.1. The summed E-state index contributed by atoms with van der Waals surface area (Å²) in [6.07, 6.45) is 3.26. The number of aliphatic carboxylic acids is 1. The zero-order valence-corrected chi connectivity index (χ0v) is 16.1. The van der Waals surface area contributed by atoms with Crippen molar-refractivity contribution in [3.05, 3.63) is 35.4 Å². The molecule has 5 nitrogen and oxygen atoms in total. The van der Waals surface area contributed by atoms with Gasteiger partial charge in [-0.15, -0.1) is 0 Å². The molecule has 1 saturated heterocycles. The van der Waals surface area contributed by atoms with Crippen molar-refractivity contribution in [1.82, 2.24) is 4.90 Å². The fourth-order valence-corrected chi connectivity index (χ4v) is 4.41. The number of hydrogen-bond acceptors (Lipinski definition) is 3. The smallest absolute Gasteiger partial charge is 0.328 e. The number of carboxylic acid groups (broad SMARTS) is 1. The molecular weight excluding hydrogens is 330 g/mol. The summed E-state index contributed by atoms with van der Waals surface area (Å²) >= 11 is 0. The number of carboxylic acids is 1. The van der Waals surface area contributed by atoms with Crippen molar-refractivity contribution in [3.63, 3.8) is 0 Å². The number of rotatable bonds is 2. The van der Waals surface area contributed by atoms with Gasteiger partial charge in [-0.05, 0) is 56.1 Å². The molecule has 1 atom stereocenters. The lowest BCUT2D eigenvalue weighted by Crippen LogP contribution is -2.55. The van der Waals surface area contributed by atoms with Crippen LogP contribution in [0.25, 0.3) is 0 Å². The topological polar surface area (TPSA) is 66.8 Å². The molecule has 0 unspecified atom stereocenters. The maximum absolute atomic E-state index is 13.2. The van der Waals surface area contributed by atoms with Gasteiger partial charge in [0.05, 0.1) is 6.61 Å². The number of ether oxygens (including phenoxy) is 1. The molecule has 26 heavy (non-hydrogen) atoms. The molecule has 1 amide bonds. The Morgan fingerprint density at radius 1 is 1.23 bits per heavy atom. The first-order valence-electron chi connectivity index (χ1n) is 9.41. The van der Waals surface area contributed by atoms with Crippen molar-refractivity contribution >= 4 is 11.9 Å². The fourth-order valence-electron chi connectivity index (χ4n) is 4.41. The minimum atomic E-state index is -0.999. The van der Waals surface area contributed by atoms with Gasteiger partial charge >= 0.3 is 5.97 Å². The molecular formula is C21H29NO4. The van der Waals surface area contributed by atoms with Gasteiger partial charge in [-0.2, -0.15) is 0 Å². The van der Waals surface area contributed by atoms with Crippen LogP contribution >= 0.6 is 0 Å². The molecule has 1 saturated carbocycles.